The number of piperidine rings is 1. The van der Waals surface area contributed by atoms with Gasteiger partial charge in [-0.3, -0.25) is 4.90 Å². The lowest BCUT2D eigenvalue weighted by Crippen LogP contribution is -2.41. The molecular weight excluding hydrogens is 332 g/mol. The Morgan fingerprint density at radius 2 is 1.84 bits per heavy atom. The molecule has 2 aromatic rings. The van der Waals surface area contributed by atoms with E-state index in [1.165, 1.54) is 24.0 Å². The van der Waals surface area contributed by atoms with Gasteiger partial charge in [0, 0.05) is 19.1 Å². The lowest BCUT2D eigenvalue weighted by molar-refractivity contribution is 0.190. The van der Waals surface area contributed by atoms with Gasteiger partial charge in [-0.1, -0.05) is 48.0 Å². The summed E-state index contributed by atoms with van der Waals surface area (Å²) in [6.07, 6.45) is 2.38. The molecule has 25 heavy (non-hydrogen) atoms. The summed E-state index contributed by atoms with van der Waals surface area (Å²) in [6, 6.07) is 17.4. The molecule has 0 radical (unpaired) electrons. The molecule has 0 aromatic heterocycles. The first kappa shape index (κ1) is 18.2. The first-order valence-electron chi connectivity index (χ1n) is 9.15. The number of nitrogens with one attached hydrogen (secondary N) is 1. The number of hydrogen-bond acceptors (Lipinski definition) is 3. The molecule has 4 heteroatoms. The van der Waals surface area contributed by atoms with Crippen molar-refractivity contribution in [2.45, 2.75) is 38.9 Å². The van der Waals surface area contributed by atoms with Crippen molar-refractivity contribution in [3.63, 3.8) is 0 Å². The van der Waals surface area contributed by atoms with Crippen molar-refractivity contribution in [2.24, 2.45) is 0 Å². The third kappa shape index (κ3) is 5.46. The Morgan fingerprint density at radius 3 is 2.52 bits per heavy atom. The predicted molar refractivity (Wildman–Crippen MR) is 104 cm³/mol. The molecule has 1 saturated heterocycles. The largest absolute Gasteiger partial charge is 0.492 e. The number of hydrogen-bond donors (Lipinski definition) is 1. The maximum atomic E-state index is 6.27. The second-order valence-corrected chi connectivity index (χ2v) is 7.02. The summed E-state index contributed by atoms with van der Waals surface area (Å²) < 4.78 is 5.49. The minimum absolute atomic E-state index is 0.581. The number of likely N-dealkylation sites (tertiary alicyclic amines) is 1. The number of rotatable bonds is 7. The molecule has 0 spiro atoms. The van der Waals surface area contributed by atoms with Crippen LogP contribution in [-0.2, 0) is 13.1 Å². The van der Waals surface area contributed by atoms with Crippen LogP contribution in [0.25, 0.3) is 0 Å². The van der Waals surface area contributed by atoms with Crippen molar-refractivity contribution in [3.05, 3.63) is 64.7 Å². The van der Waals surface area contributed by atoms with Gasteiger partial charge in [-0.15, -0.1) is 0 Å². The zero-order valence-electron chi connectivity index (χ0n) is 14.9. The van der Waals surface area contributed by atoms with Gasteiger partial charge in [0.25, 0.3) is 0 Å². The molecule has 3 nitrogen and oxygen atoms in total. The Balaban J connectivity index is 1.42. The van der Waals surface area contributed by atoms with E-state index in [2.05, 4.69) is 46.6 Å². The monoisotopic (exact) mass is 358 g/mol. The van der Waals surface area contributed by atoms with E-state index < -0.39 is 0 Å². The fraction of sp³-hybridized carbons (Fsp3) is 0.429. The van der Waals surface area contributed by atoms with E-state index in [1.807, 2.05) is 19.1 Å². The highest BCUT2D eigenvalue weighted by atomic mass is 35.5. The second-order valence-electron chi connectivity index (χ2n) is 6.61. The van der Waals surface area contributed by atoms with Crippen LogP contribution in [0.1, 0.15) is 30.9 Å². The van der Waals surface area contributed by atoms with Crippen molar-refractivity contribution in [3.8, 4) is 5.75 Å². The minimum atomic E-state index is 0.581. The van der Waals surface area contributed by atoms with E-state index in [-0.39, 0.29) is 0 Å². The fourth-order valence-corrected chi connectivity index (χ4v) is 3.58. The number of benzene rings is 2. The van der Waals surface area contributed by atoms with Gasteiger partial charge in [-0.25, -0.2) is 0 Å². The Hall–Kier alpha value is -1.55. The summed E-state index contributed by atoms with van der Waals surface area (Å²) in [5, 5.41) is 4.37. The van der Waals surface area contributed by atoms with E-state index in [0.717, 1.165) is 31.9 Å². The summed E-state index contributed by atoms with van der Waals surface area (Å²) >= 11 is 6.27. The topological polar surface area (TPSA) is 24.5 Å². The smallest absolute Gasteiger partial charge is 0.137 e. The minimum Gasteiger partial charge on any atom is -0.492 e. The van der Waals surface area contributed by atoms with Gasteiger partial charge < -0.3 is 10.1 Å². The van der Waals surface area contributed by atoms with Gasteiger partial charge in [-0.2, -0.15) is 0 Å². The second kappa shape index (κ2) is 9.23. The van der Waals surface area contributed by atoms with Gasteiger partial charge in [0.2, 0.25) is 0 Å². The maximum absolute atomic E-state index is 6.27. The van der Waals surface area contributed by atoms with Gasteiger partial charge in [-0.05, 0) is 56.1 Å². The Bertz CT molecular complexity index is 654. The van der Waals surface area contributed by atoms with Gasteiger partial charge >= 0.3 is 0 Å². The highest BCUT2D eigenvalue weighted by Gasteiger charge is 2.18. The first-order chi connectivity index (χ1) is 12.2. The molecule has 0 bridgehead atoms. The van der Waals surface area contributed by atoms with Crippen molar-refractivity contribution in [1.29, 1.82) is 0 Å². The predicted octanol–water partition coefficient (Wildman–Crippen LogP) is 4.49. The van der Waals surface area contributed by atoms with Gasteiger partial charge in [0.05, 0.1) is 11.6 Å². The fourth-order valence-electron chi connectivity index (χ4n) is 3.33. The van der Waals surface area contributed by atoms with Crippen LogP contribution in [-0.4, -0.2) is 30.6 Å². The molecule has 1 aliphatic rings. The van der Waals surface area contributed by atoms with Gasteiger partial charge in [0.15, 0.2) is 0 Å². The summed E-state index contributed by atoms with van der Waals surface area (Å²) in [5.41, 5.74) is 2.61. The highest BCUT2D eigenvalue weighted by molar-refractivity contribution is 6.32. The van der Waals surface area contributed by atoms with E-state index >= 15 is 0 Å². The third-order valence-corrected chi connectivity index (χ3v) is 5.02. The Kier molecular flexibility index (Phi) is 6.74. The normalized spacial score (nSPS) is 16.1. The van der Waals surface area contributed by atoms with Crippen LogP contribution in [0.5, 0.6) is 5.75 Å². The number of halogens is 1. The Labute approximate surface area is 155 Å². The lowest BCUT2D eigenvalue weighted by Gasteiger charge is -2.32. The van der Waals surface area contributed by atoms with Crippen LogP contribution in [0.15, 0.2) is 48.5 Å². The highest BCUT2D eigenvalue weighted by Crippen LogP contribution is 2.25. The van der Waals surface area contributed by atoms with Crippen molar-refractivity contribution < 1.29 is 4.74 Å². The Morgan fingerprint density at radius 1 is 1.08 bits per heavy atom. The average Bonchev–Trinajstić information content (AvgIpc) is 2.64. The van der Waals surface area contributed by atoms with Crippen LogP contribution < -0.4 is 10.1 Å². The van der Waals surface area contributed by atoms with Crippen LogP contribution in [0, 0.1) is 0 Å². The molecular formula is C21H27ClN2O. The molecule has 0 atom stereocenters. The van der Waals surface area contributed by atoms with Gasteiger partial charge in [0.1, 0.15) is 5.75 Å². The van der Waals surface area contributed by atoms with Crippen LogP contribution in [0.3, 0.4) is 0 Å². The van der Waals surface area contributed by atoms with E-state index in [9.17, 15) is 0 Å². The van der Waals surface area contributed by atoms with Crippen molar-refractivity contribution in [1.82, 2.24) is 10.2 Å². The van der Waals surface area contributed by atoms with Crippen molar-refractivity contribution >= 4 is 11.6 Å². The molecule has 2 aromatic carbocycles. The number of nitrogens with zero attached hydrogens (tertiary/aromatic N) is 1. The van der Waals surface area contributed by atoms with E-state index in [4.69, 9.17) is 16.3 Å². The maximum Gasteiger partial charge on any atom is 0.137 e. The molecule has 0 aliphatic carbocycles. The summed E-state index contributed by atoms with van der Waals surface area (Å²) in [7, 11) is 0. The third-order valence-electron chi connectivity index (χ3n) is 4.73. The molecule has 1 aliphatic heterocycles. The van der Waals surface area contributed by atoms with Crippen LogP contribution >= 0.6 is 11.6 Å². The zero-order chi connectivity index (χ0) is 17.5. The molecule has 0 amide bonds. The van der Waals surface area contributed by atoms with E-state index in [0.29, 0.717) is 17.7 Å². The van der Waals surface area contributed by atoms with Crippen molar-refractivity contribution in [2.75, 3.05) is 19.7 Å². The summed E-state index contributed by atoms with van der Waals surface area (Å²) in [4.78, 5) is 2.54. The molecule has 1 heterocycles. The molecule has 0 saturated carbocycles. The summed E-state index contributed by atoms with van der Waals surface area (Å²) in [5.74, 6) is 0.766. The number of ether oxygens (including phenoxy) is 1. The standard InChI is InChI=1S/C21H27ClN2O/c1-2-25-21-9-8-18(14-20(21)22)15-23-19-10-12-24(13-11-19)16-17-6-4-3-5-7-17/h3-9,14,19,23H,2,10-13,15-16H2,1H3. The molecule has 1 fully saturated rings. The molecule has 3 rings (SSSR count). The lowest BCUT2D eigenvalue weighted by atomic mass is 10.0. The molecule has 134 valence electrons. The zero-order valence-corrected chi connectivity index (χ0v) is 15.6. The van der Waals surface area contributed by atoms with E-state index in [1.54, 1.807) is 0 Å². The molecule has 0 unspecified atom stereocenters. The summed E-state index contributed by atoms with van der Waals surface area (Å²) in [6.45, 7) is 6.82. The quantitative estimate of drug-likeness (QED) is 0.789. The van der Waals surface area contributed by atoms with Crippen LogP contribution in [0.2, 0.25) is 5.02 Å². The molecule has 1 N–H and O–H groups in total. The average molecular weight is 359 g/mol. The van der Waals surface area contributed by atoms with Crippen LogP contribution in [0.4, 0.5) is 0 Å². The SMILES string of the molecule is CCOc1ccc(CNC2CCN(Cc3ccccc3)CC2)cc1Cl. The first-order valence-corrected chi connectivity index (χ1v) is 9.53.